The summed E-state index contributed by atoms with van der Waals surface area (Å²) in [6, 6.07) is 4.70. The van der Waals surface area contributed by atoms with Crippen LogP contribution in [0.5, 0.6) is 0 Å². The molecule has 0 bridgehead atoms. The van der Waals surface area contributed by atoms with E-state index in [1.165, 1.54) is 43.4 Å². The fraction of sp³-hybridized carbons (Fsp3) is 0.579. The molecule has 5 nitrogen and oxygen atoms in total. The van der Waals surface area contributed by atoms with Crippen LogP contribution < -0.4 is 0 Å². The number of aryl methyl sites for hydroxylation is 1. The molecule has 1 saturated carbocycles. The summed E-state index contributed by atoms with van der Waals surface area (Å²) in [7, 11) is 0. The molecule has 3 heterocycles. The van der Waals surface area contributed by atoms with E-state index in [1.807, 2.05) is 40.9 Å². The third-order valence-electron chi connectivity index (χ3n) is 5.50. The second kappa shape index (κ2) is 7.30. The van der Waals surface area contributed by atoms with E-state index in [0.717, 1.165) is 47.9 Å². The Morgan fingerprint density at radius 3 is 2.44 bits per heavy atom. The van der Waals surface area contributed by atoms with Gasteiger partial charge in [0.25, 0.3) is 5.91 Å². The van der Waals surface area contributed by atoms with Crippen molar-refractivity contribution in [3.63, 3.8) is 0 Å². The van der Waals surface area contributed by atoms with E-state index in [2.05, 4.69) is 9.88 Å². The number of hydrogen-bond acceptors (Lipinski definition) is 4. The number of hydrogen-bond donors (Lipinski definition) is 0. The standard InChI is InChI=1S/C19H26N4OS/c1-15-17(25-19(20-15)23-9-5-6-10-23)18(24)22-13-11-21(12-14-22)16-7-3-2-4-8-16/h5-6,9-10,16H,2-4,7-8,11-14H2,1H3. The predicted molar refractivity (Wildman–Crippen MR) is 101 cm³/mol. The van der Waals surface area contributed by atoms with E-state index in [0.29, 0.717) is 0 Å². The summed E-state index contributed by atoms with van der Waals surface area (Å²) in [6.45, 7) is 5.64. The number of amides is 1. The lowest BCUT2D eigenvalue weighted by atomic mass is 9.94. The molecule has 0 unspecified atom stereocenters. The van der Waals surface area contributed by atoms with Gasteiger partial charge in [-0.2, -0.15) is 0 Å². The van der Waals surface area contributed by atoms with Crippen molar-refractivity contribution in [1.82, 2.24) is 19.4 Å². The van der Waals surface area contributed by atoms with Gasteiger partial charge in [0.1, 0.15) is 4.88 Å². The van der Waals surface area contributed by atoms with Crippen LogP contribution in [0, 0.1) is 6.92 Å². The monoisotopic (exact) mass is 358 g/mol. The highest BCUT2D eigenvalue weighted by Gasteiger charge is 2.29. The summed E-state index contributed by atoms with van der Waals surface area (Å²) < 4.78 is 1.97. The minimum atomic E-state index is 0.150. The van der Waals surface area contributed by atoms with Gasteiger partial charge in [-0.25, -0.2) is 4.98 Å². The second-order valence-electron chi connectivity index (χ2n) is 7.12. The summed E-state index contributed by atoms with van der Waals surface area (Å²) in [5.74, 6) is 0.150. The molecule has 6 heteroatoms. The normalized spacial score (nSPS) is 20.1. The van der Waals surface area contributed by atoms with Gasteiger partial charge in [0.2, 0.25) is 0 Å². The molecule has 1 amide bonds. The zero-order chi connectivity index (χ0) is 17.2. The van der Waals surface area contributed by atoms with E-state index in [9.17, 15) is 4.79 Å². The van der Waals surface area contributed by atoms with Gasteiger partial charge < -0.3 is 9.47 Å². The highest BCUT2D eigenvalue weighted by Crippen LogP contribution is 2.26. The molecule has 25 heavy (non-hydrogen) atoms. The van der Waals surface area contributed by atoms with Crippen molar-refractivity contribution in [3.05, 3.63) is 35.1 Å². The van der Waals surface area contributed by atoms with E-state index in [1.54, 1.807) is 0 Å². The Bertz CT molecular complexity index is 710. The average molecular weight is 359 g/mol. The van der Waals surface area contributed by atoms with Crippen LogP contribution in [0.4, 0.5) is 0 Å². The quantitative estimate of drug-likeness (QED) is 0.845. The fourth-order valence-electron chi connectivity index (χ4n) is 4.03. The number of carbonyl (C=O) groups excluding carboxylic acids is 1. The summed E-state index contributed by atoms with van der Waals surface area (Å²) >= 11 is 1.49. The molecule has 4 rings (SSSR count). The Morgan fingerprint density at radius 2 is 1.76 bits per heavy atom. The zero-order valence-electron chi connectivity index (χ0n) is 14.9. The summed E-state index contributed by atoms with van der Waals surface area (Å²) in [6.07, 6.45) is 10.7. The number of carbonyl (C=O) groups is 1. The molecule has 2 fully saturated rings. The van der Waals surface area contributed by atoms with Crippen molar-refractivity contribution in [3.8, 4) is 5.13 Å². The van der Waals surface area contributed by atoms with Crippen molar-refractivity contribution < 1.29 is 4.79 Å². The van der Waals surface area contributed by atoms with Gasteiger partial charge in [0.15, 0.2) is 5.13 Å². The lowest BCUT2D eigenvalue weighted by Gasteiger charge is -2.40. The van der Waals surface area contributed by atoms with Gasteiger partial charge in [-0.1, -0.05) is 30.6 Å². The van der Waals surface area contributed by atoms with Crippen LogP contribution in [-0.4, -0.2) is 57.5 Å². The number of nitrogens with zero attached hydrogens (tertiary/aromatic N) is 4. The average Bonchev–Trinajstić information content (AvgIpc) is 3.32. The van der Waals surface area contributed by atoms with Crippen LogP contribution >= 0.6 is 11.3 Å². The maximum Gasteiger partial charge on any atom is 0.266 e. The molecule has 0 N–H and O–H groups in total. The van der Waals surface area contributed by atoms with Crippen molar-refractivity contribution in [2.45, 2.75) is 45.1 Å². The van der Waals surface area contributed by atoms with E-state index >= 15 is 0 Å². The van der Waals surface area contributed by atoms with Crippen molar-refractivity contribution in [1.29, 1.82) is 0 Å². The van der Waals surface area contributed by atoms with Crippen LogP contribution in [-0.2, 0) is 0 Å². The third-order valence-corrected chi connectivity index (χ3v) is 6.66. The summed E-state index contributed by atoms with van der Waals surface area (Å²) in [4.78, 5) is 22.9. The molecular formula is C19H26N4OS. The Kier molecular flexibility index (Phi) is 4.90. The van der Waals surface area contributed by atoms with Gasteiger partial charge in [-0.3, -0.25) is 9.69 Å². The van der Waals surface area contributed by atoms with Gasteiger partial charge in [-0.15, -0.1) is 0 Å². The molecule has 1 aliphatic carbocycles. The van der Waals surface area contributed by atoms with E-state index in [-0.39, 0.29) is 5.91 Å². The number of piperazine rings is 1. The first-order chi connectivity index (χ1) is 12.2. The molecule has 2 aliphatic rings. The van der Waals surface area contributed by atoms with Crippen LogP contribution in [0.2, 0.25) is 0 Å². The number of aromatic nitrogens is 2. The fourth-order valence-corrected chi connectivity index (χ4v) is 5.04. The van der Waals surface area contributed by atoms with Crippen LogP contribution in [0.3, 0.4) is 0 Å². The van der Waals surface area contributed by atoms with Crippen molar-refractivity contribution in [2.75, 3.05) is 26.2 Å². The van der Waals surface area contributed by atoms with Gasteiger partial charge in [-0.05, 0) is 31.9 Å². The molecular weight excluding hydrogens is 332 g/mol. The molecule has 0 aromatic carbocycles. The Balaban J connectivity index is 1.40. The van der Waals surface area contributed by atoms with Gasteiger partial charge >= 0.3 is 0 Å². The van der Waals surface area contributed by atoms with Crippen LogP contribution in [0.25, 0.3) is 5.13 Å². The molecule has 134 valence electrons. The maximum absolute atomic E-state index is 13.0. The van der Waals surface area contributed by atoms with Gasteiger partial charge in [0, 0.05) is 44.6 Å². The summed E-state index contributed by atoms with van der Waals surface area (Å²) in [5, 5.41) is 0.867. The van der Waals surface area contributed by atoms with E-state index in [4.69, 9.17) is 0 Å². The lowest BCUT2D eigenvalue weighted by molar-refractivity contribution is 0.0526. The smallest absolute Gasteiger partial charge is 0.266 e. The summed E-state index contributed by atoms with van der Waals surface area (Å²) in [5.41, 5.74) is 0.841. The topological polar surface area (TPSA) is 41.4 Å². The first-order valence-corrected chi connectivity index (χ1v) is 10.2. The van der Waals surface area contributed by atoms with Crippen molar-refractivity contribution in [2.24, 2.45) is 0 Å². The largest absolute Gasteiger partial charge is 0.335 e. The number of rotatable bonds is 3. The SMILES string of the molecule is Cc1nc(-n2cccc2)sc1C(=O)N1CCN(C2CCCCC2)CC1. The number of thiazole rings is 1. The highest BCUT2D eigenvalue weighted by atomic mass is 32.1. The molecule has 2 aromatic rings. The van der Waals surface area contributed by atoms with Gasteiger partial charge in [0.05, 0.1) is 5.69 Å². The molecule has 1 saturated heterocycles. The second-order valence-corrected chi connectivity index (χ2v) is 8.10. The first-order valence-electron chi connectivity index (χ1n) is 9.36. The Morgan fingerprint density at radius 1 is 1.08 bits per heavy atom. The molecule has 0 radical (unpaired) electrons. The highest BCUT2D eigenvalue weighted by molar-refractivity contribution is 7.16. The van der Waals surface area contributed by atoms with Crippen LogP contribution in [0.1, 0.15) is 47.5 Å². The molecule has 1 aliphatic heterocycles. The van der Waals surface area contributed by atoms with Crippen molar-refractivity contribution >= 4 is 17.2 Å². The van der Waals surface area contributed by atoms with Crippen LogP contribution in [0.15, 0.2) is 24.5 Å². The third kappa shape index (κ3) is 3.51. The molecule has 2 aromatic heterocycles. The first kappa shape index (κ1) is 16.8. The molecule has 0 spiro atoms. The molecule has 0 atom stereocenters. The Labute approximate surface area is 153 Å². The van der Waals surface area contributed by atoms with E-state index < -0.39 is 0 Å². The minimum absolute atomic E-state index is 0.150. The zero-order valence-corrected chi connectivity index (χ0v) is 15.7. The predicted octanol–water partition coefficient (Wildman–Crippen LogP) is 3.33. The maximum atomic E-state index is 13.0. The minimum Gasteiger partial charge on any atom is -0.335 e. The Hall–Kier alpha value is -1.66. The lowest BCUT2D eigenvalue weighted by Crippen LogP contribution is -2.52.